The van der Waals surface area contributed by atoms with Gasteiger partial charge in [0.25, 0.3) is 0 Å². The van der Waals surface area contributed by atoms with E-state index < -0.39 is 24.3 Å². The van der Waals surface area contributed by atoms with Gasteiger partial charge in [0, 0.05) is 29.8 Å². The van der Waals surface area contributed by atoms with E-state index in [1.54, 1.807) is 29.0 Å². The molecule has 0 atom stereocenters. The van der Waals surface area contributed by atoms with Crippen LogP contribution in [-0.4, -0.2) is 61.2 Å². The Morgan fingerprint density at radius 2 is 1.74 bits per heavy atom. The summed E-state index contributed by atoms with van der Waals surface area (Å²) >= 11 is 0. The fourth-order valence-corrected chi connectivity index (χ4v) is 3.75. The van der Waals surface area contributed by atoms with Gasteiger partial charge in [-0.1, -0.05) is 18.2 Å². The molecule has 1 aliphatic heterocycles. The van der Waals surface area contributed by atoms with Gasteiger partial charge in [-0.3, -0.25) is 0 Å². The fraction of sp³-hybridized carbons (Fsp3) is 0.333. The van der Waals surface area contributed by atoms with E-state index in [4.69, 9.17) is 14.0 Å². The van der Waals surface area contributed by atoms with E-state index in [0.717, 1.165) is 16.6 Å². The van der Waals surface area contributed by atoms with Crippen molar-refractivity contribution < 1.29 is 18.8 Å². The molecule has 35 heavy (non-hydrogen) atoms. The lowest BCUT2D eigenvalue weighted by molar-refractivity contribution is 0.00578. The normalized spacial score (nSPS) is 16.5. The summed E-state index contributed by atoms with van der Waals surface area (Å²) in [6, 6.07) is 11.1. The summed E-state index contributed by atoms with van der Waals surface area (Å²) in [4.78, 5) is 21.0. The zero-order chi connectivity index (χ0) is 24.8. The van der Waals surface area contributed by atoms with Crippen molar-refractivity contribution in [1.29, 1.82) is 0 Å². The number of aromatic nitrogens is 6. The number of nitrogens with zero attached hydrogens (tertiary/aromatic N) is 6. The number of fused-ring (bicyclic) bond motifs is 1. The molecule has 0 radical (unpaired) electrons. The summed E-state index contributed by atoms with van der Waals surface area (Å²) in [6.45, 7) is 8.05. The van der Waals surface area contributed by atoms with Crippen LogP contribution in [0.5, 0.6) is 0 Å². The van der Waals surface area contributed by atoms with E-state index in [2.05, 4.69) is 25.3 Å². The molecule has 0 aliphatic carbocycles. The molecule has 1 saturated heterocycles. The first kappa shape index (κ1) is 23.1. The summed E-state index contributed by atoms with van der Waals surface area (Å²) in [5.41, 5.74) is 2.48. The zero-order valence-electron chi connectivity index (χ0n) is 20.2. The van der Waals surface area contributed by atoms with Gasteiger partial charge in [-0.15, -0.1) is 10.2 Å². The van der Waals surface area contributed by atoms with Crippen LogP contribution in [0.15, 0.2) is 48.8 Å². The second-order valence-electron chi connectivity index (χ2n) is 9.40. The Labute approximate surface area is 202 Å². The van der Waals surface area contributed by atoms with Crippen LogP contribution >= 0.6 is 0 Å². The minimum atomic E-state index is -0.519. The van der Waals surface area contributed by atoms with Crippen LogP contribution in [0.4, 0.5) is 0 Å². The van der Waals surface area contributed by atoms with Gasteiger partial charge >= 0.3 is 13.1 Å². The largest absolute Gasteiger partial charge is 0.498 e. The topological polar surface area (TPSA) is 114 Å². The average molecular weight is 472 g/mol. The molecule has 178 valence electrons. The third kappa shape index (κ3) is 4.28. The van der Waals surface area contributed by atoms with Crippen molar-refractivity contribution >= 4 is 24.2 Å². The molecule has 3 aromatic heterocycles. The molecule has 10 nitrogen and oxygen atoms in total. The number of methoxy groups -OCH3 is 1. The highest BCUT2D eigenvalue weighted by molar-refractivity contribution is 6.61. The highest BCUT2D eigenvalue weighted by Gasteiger charge is 2.51. The molecule has 1 fully saturated rings. The number of benzene rings is 1. The van der Waals surface area contributed by atoms with Gasteiger partial charge in [0.1, 0.15) is 0 Å². The third-order valence-electron chi connectivity index (χ3n) is 6.47. The van der Waals surface area contributed by atoms with Gasteiger partial charge in [0.05, 0.1) is 18.3 Å². The molecule has 0 unspecified atom stereocenters. The molecule has 0 amide bonds. The molecular formula is C24H25BN6O4. The maximum atomic E-state index is 11.9. The Morgan fingerprint density at radius 3 is 2.43 bits per heavy atom. The maximum Gasteiger partial charge on any atom is 0.498 e. The highest BCUT2D eigenvalue weighted by Crippen LogP contribution is 2.36. The van der Waals surface area contributed by atoms with E-state index in [9.17, 15) is 4.79 Å². The lowest BCUT2D eigenvalue weighted by Gasteiger charge is -2.32. The van der Waals surface area contributed by atoms with Crippen molar-refractivity contribution in [3.05, 3.63) is 65.9 Å². The first-order chi connectivity index (χ1) is 16.7. The van der Waals surface area contributed by atoms with Gasteiger partial charge in [-0.2, -0.15) is 9.61 Å². The number of hydrogen-bond donors (Lipinski definition) is 0. The second kappa shape index (κ2) is 8.51. The van der Waals surface area contributed by atoms with E-state index in [-0.39, 0.29) is 5.69 Å². The Bertz CT molecular complexity index is 1390. The van der Waals surface area contributed by atoms with Crippen LogP contribution in [0, 0.1) is 0 Å². The van der Waals surface area contributed by atoms with E-state index in [1.807, 2.05) is 52.0 Å². The van der Waals surface area contributed by atoms with Crippen LogP contribution in [0.3, 0.4) is 0 Å². The molecule has 4 aromatic rings. The van der Waals surface area contributed by atoms with E-state index in [0.29, 0.717) is 23.7 Å². The van der Waals surface area contributed by atoms with Crippen LogP contribution in [-0.2, 0) is 20.5 Å². The summed E-state index contributed by atoms with van der Waals surface area (Å²) in [5, 5.41) is 12.7. The molecule has 0 saturated carbocycles. The first-order valence-corrected chi connectivity index (χ1v) is 11.2. The van der Waals surface area contributed by atoms with Gasteiger partial charge in [-0.05, 0) is 51.5 Å². The zero-order valence-corrected chi connectivity index (χ0v) is 20.2. The predicted molar refractivity (Wildman–Crippen MR) is 128 cm³/mol. The number of rotatable bonds is 5. The molecular weight excluding hydrogens is 447 g/mol. The second-order valence-corrected chi connectivity index (χ2v) is 9.40. The van der Waals surface area contributed by atoms with Gasteiger partial charge in [-0.25, -0.2) is 14.8 Å². The standard InChI is InChI=1S/C24H25BN6O4/c1-23(2)24(3,4)35-25(34-23)17-13-26-21(27-14-17)16-8-6-7-15(11-16)12-20-29-28-19-10-9-18(22(32)33-5)30-31(19)20/h6-11,13-14H,12H2,1-5H3. The molecule has 0 spiro atoms. The summed E-state index contributed by atoms with van der Waals surface area (Å²) in [6.07, 6.45) is 3.93. The van der Waals surface area contributed by atoms with Crippen LogP contribution in [0.2, 0.25) is 0 Å². The molecule has 0 N–H and O–H groups in total. The first-order valence-electron chi connectivity index (χ1n) is 11.2. The van der Waals surface area contributed by atoms with E-state index >= 15 is 0 Å². The molecule has 11 heteroatoms. The molecule has 1 aliphatic rings. The van der Waals surface area contributed by atoms with Gasteiger partial charge in [0.15, 0.2) is 23.0 Å². The summed E-state index contributed by atoms with van der Waals surface area (Å²) < 4.78 is 18.5. The van der Waals surface area contributed by atoms with E-state index in [1.165, 1.54) is 7.11 Å². The van der Waals surface area contributed by atoms with Crippen LogP contribution < -0.4 is 5.46 Å². The highest BCUT2D eigenvalue weighted by atomic mass is 16.7. The Hall–Kier alpha value is -3.70. The number of esters is 1. The van der Waals surface area contributed by atoms with Crippen molar-refractivity contribution in [2.75, 3.05) is 7.11 Å². The predicted octanol–water partition coefficient (Wildman–Crippen LogP) is 2.26. The minimum absolute atomic E-state index is 0.185. The Balaban J connectivity index is 1.37. The van der Waals surface area contributed by atoms with Crippen molar-refractivity contribution in [3.63, 3.8) is 0 Å². The molecule has 0 bridgehead atoms. The Morgan fingerprint density at radius 1 is 1.03 bits per heavy atom. The quantitative estimate of drug-likeness (QED) is 0.319. The van der Waals surface area contributed by atoms with Crippen molar-refractivity contribution in [2.24, 2.45) is 0 Å². The van der Waals surface area contributed by atoms with Gasteiger partial charge < -0.3 is 14.0 Å². The minimum Gasteiger partial charge on any atom is -0.464 e. The van der Waals surface area contributed by atoms with Crippen LogP contribution in [0.25, 0.3) is 17.0 Å². The maximum absolute atomic E-state index is 11.9. The monoisotopic (exact) mass is 472 g/mol. The molecule has 1 aromatic carbocycles. The SMILES string of the molecule is COC(=O)c1ccc2nnc(Cc3cccc(-c4ncc(B5OC(C)(C)C(C)(C)O5)cn4)c3)n2n1. The average Bonchev–Trinajstić information content (AvgIpc) is 3.34. The number of carbonyl (C=O) groups is 1. The van der Waals surface area contributed by atoms with Crippen molar-refractivity contribution in [1.82, 2.24) is 29.8 Å². The fourth-order valence-electron chi connectivity index (χ4n) is 3.75. The summed E-state index contributed by atoms with van der Waals surface area (Å²) in [5.74, 6) is 0.666. The van der Waals surface area contributed by atoms with Gasteiger partial charge in [0.2, 0.25) is 0 Å². The van der Waals surface area contributed by atoms with Crippen molar-refractivity contribution in [3.8, 4) is 11.4 Å². The number of ether oxygens (including phenoxy) is 1. The number of carbonyl (C=O) groups excluding carboxylic acids is 1. The smallest absolute Gasteiger partial charge is 0.464 e. The number of hydrogen-bond acceptors (Lipinski definition) is 9. The van der Waals surface area contributed by atoms with Crippen LogP contribution in [0.1, 0.15) is 49.6 Å². The lowest BCUT2D eigenvalue weighted by Crippen LogP contribution is -2.41. The van der Waals surface area contributed by atoms with Crippen molar-refractivity contribution in [2.45, 2.75) is 45.3 Å². The summed E-state index contributed by atoms with van der Waals surface area (Å²) in [7, 11) is 0.806. The molecule has 4 heterocycles. The molecule has 5 rings (SSSR count). The lowest BCUT2D eigenvalue weighted by atomic mass is 9.81. The Kier molecular flexibility index (Phi) is 5.61. The third-order valence-corrected chi connectivity index (χ3v) is 6.47.